The van der Waals surface area contributed by atoms with E-state index < -0.39 is 15.9 Å². The Kier molecular flexibility index (Phi) is 7.93. The van der Waals surface area contributed by atoms with Gasteiger partial charge in [-0.05, 0) is 56.2 Å². The summed E-state index contributed by atoms with van der Waals surface area (Å²) >= 11 is 5.90. The number of nitrogens with one attached hydrogen (secondary N) is 1. The molecule has 6 nitrogen and oxygen atoms in total. The monoisotopic (exact) mass is 438 g/mol. The van der Waals surface area contributed by atoms with Crippen LogP contribution >= 0.6 is 11.6 Å². The zero-order valence-electron chi connectivity index (χ0n) is 17.1. The molecule has 0 saturated carbocycles. The van der Waals surface area contributed by atoms with Gasteiger partial charge in [-0.1, -0.05) is 37.6 Å². The lowest BCUT2D eigenvalue weighted by Gasteiger charge is -2.27. The number of para-hydroxylation sites is 2. The summed E-state index contributed by atoms with van der Waals surface area (Å²) in [6, 6.07) is 12.5. The van der Waals surface area contributed by atoms with Crippen LogP contribution in [0, 0.1) is 5.92 Å². The quantitative estimate of drug-likeness (QED) is 0.639. The first-order valence-corrected chi connectivity index (χ1v) is 11.3. The van der Waals surface area contributed by atoms with Gasteiger partial charge in [-0.25, -0.2) is 8.42 Å². The normalized spacial score (nSPS) is 12.5. The molecule has 1 amide bonds. The van der Waals surface area contributed by atoms with Gasteiger partial charge >= 0.3 is 0 Å². The maximum atomic E-state index is 13.4. The van der Waals surface area contributed by atoms with Crippen LogP contribution in [0.5, 0.6) is 5.75 Å². The van der Waals surface area contributed by atoms with E-state index in [0.29, 0.717) is 23.1 Å². The molecule has 158 valence electrons. The highest BCUT2D eigenvalue weighted by Gasteiger charge is 2.30. The van der Waals surface area contributed by atoms with E-state index in [1.54, 1.807) is 24.3 Å². The number of ether oxygens (including phenoxy) is 1. The number of hydrogen-bond donors (Lipinski definition) is 1. The first-order chi connectivity index (χ1) is 13.7. The molecule has 0 unspecified atom stereocenters. The molecule has 2 rings (SSSR count). The molecule has 0 aliphatic heterocycles. The third kappa shape index (κ3) is 5.87. The molecule has 29 heavy (non-hydrogen) atoms. The number of amides is 1. The second kappa shape index (κ2) is 9.98. The summed E-state index contributed by atoms with van der Waals surface area (Å²) in [4.78, 5) is 12.7. The second-order valence-corrected chi connectivity index (χ2v) is 9.27. The van der Waals surface area contributed by atoms with E-state index in [4.69, 9.17) is 16.3 Å². The molecular weight excluding hydrogens is 412 g/mol. The lowest BCUT2D eigenvalue weighted by atomic mass is 10.1. The first-order valence-electron chi connectivity index (χ1n) is 9.46. The van der Waals surface area contributed by atoms with Crippen molar-refractivity contribution in [3.63, 3.8) is 0 Å². The van der Waals surface area contributed by atoms with Gasteiger partial charge in [0.05, 0.1) is 17.2 Å². The van der Waals surface area contributed by atoms with Crippen LogP contribution in [0.4, 0.5) is 5.69 Å². The van der Waals surface area contributed by atoms with Crippen molar-refractivity contribution in [3.05, 3.63) is 53.6 Å². The van der Waals surface area contributed by atoms with Crippen molar-refractivity contribution in [2.75, 3.05) is 17.5 Å². The van der Waals surface area contributed by atoms with Crippen LogP contribution in [-0.4, -0.2) is 33.5 Å². The molecule has 2 aromatic carbocycles. The summed E-state index contributed by atoms with van der Waals surface area (Å²) in [5.41, 5.74) is 0.302. The van der Waals surface area contributed by atoms with Gasteiger partial charge in [0.15, 0.2) is 0 Å². The third-order valence-corrected chi connectivity index (χ3v) is 6.54. The van der Waals surface area contributed by atoms with Crippen LogP contribution < -0.4 is 14.4 Å². The van der Waals surface area contributed by atoms with Crippen molar-refractivity contribution in [1.82, 2.24) is 5.32 Å². The van der Waals surface area contributed by atoms with Crippen LogP contribution in [0.25, 0.3) is 0 Å². The highest BCUT2D eigenvalue weighted by Crippen LogP contribution is 2.32. The predicted molar refractivity (Wildman–Crippen MR) is 116 cm³/mol. The Hall–Kier alpha value is -2.25. The van der Waals surface area contributed by atoms with E-state index >= 15 is 0 Å². The molecule has 0 saturated heterocycles. The number of halogens is 1. The third-order valence-electron chi connectivity index (χ3n) is 4.51. The molecule has 0 aliphatic carbocycles. The fourth-order valence-corrected chi connectivity index (χ4v) is 4.13. The average Bonchev–Trinajstić information content (AvgIpc) is 2.67. The van der Waals surface area contributed by atoms with Crippen LogP contribution in [0.15, 0.2) is 53.4 Å². The minimum Gasteiger partial charge on any atom is -0.492 e. The number of anilines is 1. The van der Waals surface area contributed by atoms with Gasteiger partial charge in [-0.2, -0.15) is 0 Å². The molecule has 0 bridgehead atoms. The van der Waals surface area contributed by atoms with Crippen molar-refractivity contribution in [1.29, 1.82) is 0 Å². The smallest absolute Gasteiger partial charge is 0.264 e. The van der Waals surface area contributed by atoms with Crippen LogP contribution in [0.1, 0.15) is 27.7 Å². The molecule has 0 heterocycles. The van der Waals surface area contributed by atoms with E-state index in [1.807, 2.05) is 27.7 Å². The Bertz CT molecular complexity index is 930. The molecule has 0 aromatic heterocycles. The maximum Gasteiger partial charge on any atom is 0.264 e. The largest absolute Gasteiger partial charge is 0.492 e. The van der Waals surface area contributed by atoms with Gasteiger partial charge < -0.3 is 10.1 Å². The Labute approximate surface area is 177 Å². The summed E-state index contributed by atoms with van der Waals surface area (Å²) in [5, 5.41) is 3.28. The van der Waals surface area contributed by atoms with Gasteiger partial charge in [-0.3, -0.25) is 9.10 Å². The van der Waals surface area contributed by atoms with Crippen LogP contribution in [-0.2, 0) is 14.8 Å². The number of nitrogens with zero attached hydrogens (tertiary/aromatic N) is 1. The number of hydrogen-bond acceptors (Lipinski definition) is 4. The molecular formula is C21H27ClN2O4S. The standard InChI is InChI=1S/C21H27ClN2O4S/c1-5-28-20-9-7-6-8-19(20)24(14-21(25)23-16(4)15(2)3)29(26,27)18-12-10-17(22)11-13-18/h6-13,15-16H,5,14H2,1-4H3,(H,23,25)/t16-/m1/s1. The SMILES string of the molecule is CCOc1ccccc1N(CC(=O)N[C@H](C)C(C)C)S(=O)(=O)c1ccc(Cl)cc1. The topological polar surface area (TPSA) is 75.7 Å². The minimum atomic E-state index is -4.03. The fourth-order valence-electron chi connectivity index (χ4n) is 2.57. The molecule has 1 N–H and O–H groups in total. The highest BCUT2D eigenvalue weighted by atomic mass is 35.5. The molecule has 1 atom stereocenters. The minimum absolute atomic E-state index is 0.0397. The van der Waals surface area contributed by atoms with Gasteiger partial charge in [0.25, 0.3) is 10.0 Å². The second-order valence-electron chi connectivity index (χ2n) is 6.97. The van der Waals surface area contributed by atoms with E-state index in [1.165, 1.54) is 24.3 Å². The molecule has 0 aliphatic rings. The summed E-state index contributed by atoms with van der Waals surface area (Å²) in [6.07, 6.45) is 0. The van der Waals surface area contributed by atoms with Gasteiger partial charge in [0, 0.05) is 11.1 Å². The van der Waals surface area contributed by atoms with Crippen molar-refractivity contribution in [3.8, 4) is 5.75 Å². The van der Waals surface area contributed by atoms with E-state index in [-0.39, 0.29) is 23.4 Å². The predicted octanol–water partition coefficient (Wildman–Crippen LogP) is 4.09. The molecule has 8 heteroatoms. The number of rotatable bonds is 9. The molecule has 0 fully saturated rings. The van der Waals surface area contributed by atoms with E-state index in [0.717, 1.165) is 4.31 Å². The Balaban J connectivity index is 2.48. The van der Waals surface area contributed by atoms with Crippen molar-refractivity contribution >= 4 is 33.2 Å². The van der Waals surface area contributed by atoms with Crippen molar-refractivity contribution < 1.29 is 17.9 Å². The van der Waals surface area contributed by atoms with Crippen molar-refractivity contribution in [2.45, 2.75) is 38.6 Å². The highest BCUT2D eigenvalue weighted by molar-refractivity contribution is 7.92. The zero-order chi connectivity index (χ0) is 21.6. The van der Waals surface area contributed by atoms with E-state index in [9.17, 15) is 13.2 Å². The number of sulfonamides is 1. The fraction of sp³-hybridized carbons (Fsp3) is 0.381. The molecule has 0 radical (unpaired) electrons. The van der Waals surface area contributed by atoms with Crippen LogP contribution in [0.3, 0.4) is 0 Å². The Morgan fingerprint density at radius 2 is 1.72 bits per heavy atom. The van der Waals surface area contributed by atoms with E-state index in [2.05, 4.69) is 5.32 Å². The Morgan fingerprint density at radius 1 is 1.10 bits per heavy atom. The Morgan fingerprint density at radius 3 is 2.31 bits per heavy atom. The summed E-state index contributed by atoms with van der Waals surface area (Å²) < 4.78 is 33.5. The summed E-state index contributed by atoms with van der Waals surface area (Å²) in [6.45, 7) is 7.66. The maximum absolute atomic E-state index is 13.4. The van der Waals surface area contributed by atoms with Gasteiger partial charge in [0.1, 0.15) is 12.3 Å². The molecule has 2 aromatic rings. The average molecular weight is 439 g/mol. The zero-order valence-corrected chi connectivity index (χ0v) is 18.6. The lowest BCUT2D eigenvalue weighted by molar-refractivity contribution is -0.120. The summed E-state index contributed by atoms with van der Waals surface area (Å²) in [7, 11) is -4.03. The molecule has 0 spiro atoms. The number of carbonyl (C=O) groups is 1. The van der Waals surface area contributed by atoms with Gasteiger partial charge in [0.2, 0.25) is 5.91 Å². The lowest BCUT2D eigenvalue weighted by Crippen LogP contribution is -2.45. The first kappa shape index (κ1) is 23.0. The van der Waals surface area contributed by atoms with Crippen LogP contribution in [0.2, 0.25) is 5.02 Å². The van der Waals surface area contributed by atoms with Crippen molar-refractivity contribution in [2.24, 2.45) is 5.92 Å². The number of benzene rings is 2. The summed E-state index contributed by atoms with van der Waals surface area (Å²) in [5.74, 6) is 0.211. The van der Waals surface area contributed by atoms with Gasteiger partial charge in [-0.15, -0.1) is 0 Å². The number of carbonyl (C=O) groups excluding carboxylic acids is 1.